The van der Waals surface area contributed by atoms with E-state index >= 15 is 0 Å². The third-order valence-corrected chi connectivity index (χ3v) is 1.75. The van der Waals surface area contributed by atoms with E-state index in [1.165, 1.54) is 0 Å². The van der Waals surface area contributed by atoms with Gasteiger partial charge in [0, 0.05) is 6.61 Å². The standard InChI is InChI=1S/C6H13NO2.C5H12O/c1-4(2)3-5(7)6(8)9;1-5(2)3-4-6/h4-5H,3,7H2,1-2H3,(H,8,9);5-6H,3-4H2,1-2H3/t5-;/m0./s1. The molecule has 0 fully saturated rings. The second-order valence-corrected chi connectivity index (χ2v) is 4.48. The highest BCUT2D eigenvalue weighted by molar-refractivity contribution is 5.72. The Morgan fingerprint density at radius 2 is 1.67 bits per heavy atom. The van der Waals surface area contributed by atoms with Crippen LogP contribution in [-0.4, -0.2) is 28.8 Å². The first-order valence-corrected chi connectivity index (χ1v) is 5.40. The molecule has 0 aliphatic heterocycles. The minimum absolute atomic E-state index is 0.331. The van der Waals surface area contributed by atoms with E-state index in [4.69, 9.17) is 15.9 Å². The molecule has 0 saturated carbocycles. The Balaban J connectivity index is 0. The summed E-state index contributed by atoms with van der Waals surface area (Å²) in [5.41, 5.74) is 5.22. The van der Waals surface area contributed by atoms with Crippen LogP contribution in [0.2, 0.25) is 0 Å². The number of carboxylic acid groups (broad SMARTS) is 1. The van der Waals surface area contributed by atoms with Crippen LogP contribution in [0.3, 0.4) is 0 Å². The lowest BCUT2D eigenvalue weighted by atomic mass is 10.1. The number of nitrogens with two attached hydrogens (primary N) is 1. The minimum Gasteiger partial charge on any atom is -0.480 e. The predicted octanol–water partition coefficient (Wildman–Crippen LogP) is 1.47. The number of aliphatic carboxylic acids is 1. The molecule has 0 heterocycles. The summed E-state index contributed by atoms with van der Waals surface area (Å²) < 4.78 is 0. The fourth-order valence-corrected chi connectivity index (χ4v) is 0.867. The highest BCUT2D eigenvalue weighted by Gasteiger charge is 2.11. The number of hydrogen-bond acceptors (Lipinski definition) is 3. The van der Waals surface area contributed by atoms with E-state index in [0.717, 1.165) is 6.42 Å². The maximum Gasteiger partial charge on any atom is 0.320 e. The molecule has 15 heavy (non-hydrogen) atoms. The number of carbonyl (C=O) groups is 1. The van der Waals surface area contributed by atoms with Crippen LogP contribution < -0.4 is 5.73 Å². The zero-order valence-corrected chi connectivity index (χ0v) is 10.2. The van der Waals surface area contributed by atoms with Gasteiger partial charge in [-0.3, -0.25) is 4.79 Å². The molecular formula is C11H25NO3. The molecule has 0 bridgehead atoms. The van der Waals surface area contributed by atoms with Crippen LogP contribution in [0.25, 0.3) is 0 Å². The molecule has 92 valence electrons. The first kappa shape index (κ1) is 16.8. The van der Waals surface area contributed by atoms with Crippen molar-refractivity contribution in [2.45, 2.75) is 46.6 Å². The molecule has 1 atom stereocenters. The van der Waals surface area contributed by atoms with Crippen molar-refractivity contribution in [3.63, 3.8) is 0 Å². The van der Waals surface area contributed by atoms with Gasteiger partial charge in [0.1, 0.15) is 6.04 Å². The van der Waals surface area contributed by atoms with Crippen LogP contribution >= 0.6 is 0 Å². The van der Waals surface area contributed by atoms with Gasteiger partial charge in [-0.15, -0.1) is 0 Å². The summed E-state index contributed by atoms with van der Waals surface area (Å²) in [7, 11) is 0. The van der Waals surface area contributed by atoms with Crippen molar-refractivity contribution in [3.8, 4) is 0 Å². The van der Waals surface area contributed by atoms with E-state index in [-0.39, 0.29) is 0 Å². The van der Waals surface area contributed by atoms with Crippen molar-refractivity contribution < 1.29 is 15.0 Å². The fraction of sp³-hybridized carbons (Fsp3) is 0.909. The molecule has 0 aliphatic carbocycles. The topological polar surface area (TPSA) is 83.5 Å². The number of rotatable bonds is 5. The Morgan fingerprint density at radius 3 is 1.73 bits per heavy atom. The van der Waals surface area contributed by atoms with E-state index in [1.807, 2.05) is 13.8 Å². The lowest BCUT2D eigenvalue weighted by Crippen LogP contribution is -2.31. The molecule has 4 N–H and O–H groups in total. The van der Waals surface area contributed by atoms with Gasteiger partial charge < -0.3 is 15.9 Å². The largest absolute Gasteiger partial charge is 0.480 e. The molecule has 0 radical (unpaired) electrons. The molecule has 0 aromatic rings. The molecule has 0 spiro atoms. The van der Waals surface area contributed by atoms with E-state index in [9.17, 15) is 4.79 Å². The summed E-state index contributed by atoms with van der Waals surface area (Å²) in [5.74, 6) is 0.0924. The van der Waals surface area contributed by atoms with Gasteiger partial charge in [0.25, 0.3) is 0 Å². The number of hydrogen-bond donors (Lipinski definition) is 3. The molecule has 0 amide bonds. The van der Waals surface area contributed by atoms with Gasteiger partial charge in [0.15, 0.2) is 0 Å². The Labute approximate surface area is 92.5 Å². The lowest BCUT2D eigenvalue weighted by Gasteiger charge is -2.07. The van der Waals surface area contributed by atoms with Gasteiger partial charge in [0.2, 0.25) is 0 Å². The van der Waals surface area contributed by atoms with Crippen molar-refractivity contribution in [3.05, 3.63) is 0 Å². The smallest absolute Gasteiger partial charge is 0.320 e. The highest BCUT2D eigenvalue weighted by atomic mass is 16.4. The van der Waals surface area contributed by atoms with Gasteiger partial charge in [-0.25, -0.2) is 0 Å². The Kier molecular flexibility index (Phi) is 11.1. The van der Waals surface area contributed by atoms with Crippen LogP contribution in [0.4, 0.5) is 0 Å². The SMILES string of the molecule is CC(C)CCO.CC(C)C[C@H](N)C(=O)O. The van der Waals surface area contributed by atoms with E-state index in [2.05, 4.69) is 13.8 Å². The van der Waals surface area contributed by atoms with Crippen molar-refractivity contribution >= 4 is 5.97 Å². The average molecular weight is 219 g/mol. The number of aliphatic hydroxyl groups is 1. The van der Waals surface area contributed by atoms with Crippen LogP contribution in [0.1, 0.15) is 40.5 Å². The molecule has 0 aromatic heterocycles. The summed E-state index contributed by atoms with van der Waals surface area (Å²) in [6, 6.07) is -0.690. The predicted molar refractivity (Wildman–Crippen MR) is 61.6 cm³/mol. The van der Waals surface area contributed by atoms with Crippen LogP contribution in [0.15, 0.2) is 0 Å². The second kappa shape index (κ2) is 9.93. The molecule has 0 aromatic carbocycles. The molecule has 4 heteroatoms. The lowest BCUT2D eigenvalue weighted by molar-refractivity contribution is -0.138. The molecule has 0 rings (SSSR count). The third-order valence-electron chi connectivity index (χ3n) is 1.75. The van der Waals surface area contributed by atoms with Gasteiger partial charge in [-0.2, -0.15) is 0 Å². The molecule has 4 nitrogen and oxygen atoms in total. The Bertz CT molecular complexity index is 158. The van der Waals surface area contributed by atoms with Gasteiger partial charge in [-0.05, 0) is 24.7 Å². The summed E-state index contributed by atoms with van der Waals surface area (Å²) in [6.07, 6.45) is 1.48. The third kappa shape index (κ3) is 16.1. The maximum absolute atomic E-state index is 10.1. The molecule has 0 unspecified atom stereocenters. The van der Waals surface area contributed by atoms with Crippen molar-refractivity contribution in [1.82, 2.24) is 0 Å². The van der Waals surface area contributed by atoms with Gasteiger partial charge in [0.05, 0.1) is 0 Å². The number of carboxylic acids is 1. The second-order valence-electron chi connectivity index (χ2n) is 4.48. The summed E-state index contributed by atoms with van der Waals surface area (Å²) >= 11 is 0. The molecule has 0 saturated heterocycles. The maximum atomic E-state index is 10.1. The monoisotopic (exact) mass is 219 g/mol. The van der Waals surface area contributed by atoms with Crippen molar-refractivity contribution in [2.24, 2.45) is 17.6 Å². The highest BCUT2D eigenvalue weighted by Crippen LogP contribution is 2.01. The van der Waals surface area contributed by atoms with Crippen LogP contribution in [0.5, 0.6) is 0 Å². The minimum atomic E-state index is -0.913. The van der Waals surface area contributed by atoms with Crippen LogP contribution in [0, 0.1) is 11.8 Å². The molecule has 0 aliphatic rings. The fourth-order valence-electron chi connectivity index (χ4n) is 0.867. The first-order chi connectivity index (χ1) is 6.81. The summed E-state index contributed by atoms with van der Waals surface area (Å²) in [5, 5.41) is 16.5. The van der Waals surface area contributed by atoms with Gasteiger partial charge in [-0.1, -0.05) is 27.7 Å². The van der Waals surface area contributed by atoms with Gasteiger partial charge >= 0.3 is 5.97 Å². The normalized spacial score (nSPS) is 12.3. The number of aliphatic hydroxyl groups excluding tert-OH is 1. The average Bonchev–Trinajstić information content (AvgIpc) is 2.03. The van der Waals surface area contributed by atoms with E-state index < -0.39 is 12.0 Å². The van der Waals surface area contributed by atoms with Crippen molar-refractivity contribution in [2.75, 3.05) is 6.61 Å². The summed E-state index contributed by atoms with van der Waals surface area (Å²) in [4.78, 5) is 10.1. The van der Waals surface area contributed by atoms with Crippen molar-refractivity contribution in [1.29, 1.82) is 0 Å². The molecular weight excluding hydrogens is 194 g/mol. The zero-order valence-electron chi connectivity index (χ0n) is 10.2. The van der Waals surface area contributed by atoms with Crippen LogP contribution in [-0.2, 0) is 4.79 Å². The van der Waals surface area contributed by atoms with E-state index in [0.29, 0.717) is 24.9 Å². The Hall–Kier alpha value is -0.610. The summed E-state index contributed by atoms with van der Waals surface area (Å²) in [6.45, 7) is 8.41. The Morgan fingerprint density at radius 1 is 1.20 bits per heavy atom. The first-order valence-electron chi connectivity index (χ1n) is 5.40. The van der Waals surface area contributed by atoms with E-state index in [1.54, 1.807) is 0 Å². The zero-order chi connectivity index (χ0) is 12.4. The quantitative estimate of drug-likeness (QED) is 0.654.